The molecule has 42 heavy (non-hydrogen) atoms. The van der Waals surface area contributed by atoms with Crippen LogP contribution in [-0.2, 0) is 14.3 Å². The quantitative estimate of drug-likeness (QED) is 0.119. The Morgan fingerprint density at radius 3 is 2.21 bits per heavy atom. The summed E-state index contributed by atoms with van der Waals surface area (Å²) < 4.78 is 10.9. The van der Waals surface area contributed by atoms with Crippen molar-refractivity contribution in [1.29, 1.82) is 0 Å². The summed E-state index contributed by atoms with van der Waals surface area (Å²) in [5.74, 6) is -2.09. The number of nitrogens with two attached hydrogens (primary N) is 1. The molecule has 1 saturated heterocycles. The highest BCUT2D eigenvalue weighted by molar-refractivity contribution is 5.73. The Kier molecular flexibility index (Phi) is 16.3. The van der Waals surface area contributed by atoms with Gasteiger partial charge in [0.2, 0.25) is 0 Å². The van der Waals surface area contributed by atoms with Crippen LogP contribution in [-0.4, -0.2) is 69.1 Å². The number of aliphatic hydroxyl groups excluding tert-OH is 4. The second-order valence-electron chi connectivity index (χ2n) is 13.1. The van der Waals surface area contributed by atoms with E-state index in [-0.39, 0.29) is 41.9 Å². The van der Waals surface area contributed by atoms with Crippen molar-refractivity contribution < 1.29 is 39.5 Å². The molecule has 1 rings (SSSR count). The number of carbonyl (C=O) groups is 2. The highest BCUT2D eigenvalue weighted by atomic mass is 16.6. The van der Waals surface area contributed by atoms with Crippen LogP contribution in [0.1, 0.15) is 94.4 Å². The zero-order valence-corrected chi connectivity index (χ0v) is 27.3. The zero-order chi connectivity index (χ0) is 32.3. The Morgan fingerprint density at radius 2 is 1.64 bits per heavy atom. The maximum atomic E-state index is 12.0. The summed E-state index contributed by atoms with van der Waals surface area (Å²) in [5.41, 5.74) is 6.37. The third-order valence-electron chi connectivity index (χ3n) is 9.12. The van der Waals surface area contributed by atoms with Gasteiger partial charge in [0.1, 0.15) is 12.2 Å². The molecule has 0 unspecified atom stereocenters. The molecule has 0 aromatic carbocycles. The fourth-order valence-corrected chi connectivity index (χ4v) is 6.18. The lowest BCUT2D eigenvalue weighted by atomic mass is 9.80. The van der Waals surface area contributed by atoms with E-state index in [2.05, 4.69) is 6.92 Å². The van der Waals surface area contributed by atoms with Crippen LogP contribution in [0.5, 0.6) is 0 Å². The van der Waals surface area contributed by atoms with E-state index in [1.807, 2.05) is 47.6 Å². The number of carbonyl (C=O) groups excluding carboxylic acids is 2. The van der Waals surface area contributed by atoms with Gasteiger partial charge in [-0.1, -0.05) is 85.1 Å². The first-order valence-electron chi connectivity index (χ1n) is 15.8. The van der Waals surface area contributed by atoms with E-state index in [4.69, 9.17) is 15.2 Å². The zero-order valence-electron chi connectivity index (χ0n) is 27.3. The van der Waals surface area contributed by atoms with Crippen LogP contribution in [0.15, 0.2) is 23.8 Å². The molecule has 0 aromatic heterocycles. The SMILES string of the molecule is CCCC[C@H](C)[C@H](OC(N)=O)[C@@H](C)[C@H](O)[C@@H](C)CC(C)=C[C@H](C)[C@@H](O)[C@@H](C)C=C[C@@H](O)C[C@@H]1OC(=O)[C@H](C)[C@@H](O)[C@H]1C. The van der Waals surface area contributed by atoms with Crippen LogP contribution in [0.3, 0.4) is 0 Å². The molecule has 0 spiro atoms. The number of hydrogen-bond acceptors (Lipinski definition) is 8. The Hall–Kier alpha value is -1.94. The number of aliphatic hydroxyl groups is 4. The minimum atomic E-state index is -0.885. The molecule has 9 nitrogen and oxygen atoms in total. The second kappa shape index (κ2) is 18.0. The van der Waals surface area contributed by atoms with Gasteiger partial charge in [0, 0.05) is 30.1 Å². The molecule has 0 saturated carbocycles. The molecular formula is C33H59NO8. The van der Waals surface area contributed by atoms with E-state index in [1.54, 1.807) is 26.0 Å². The van der Waals surface area contributed by atoms with E-state index in [9.17, 15) is 30.0 Å². The van der Waals surface area contributed by atoms with Gasteiger partial charge < -0.3 is 35.6 Å². The van der Waals surface area contributed by atoms with Crippen molar-refractivity contribution in [2.24, 2.45) is 47.2 Å². The maximum Gasteiger partial charge on any atom is 0.404 e. The highest BCUT2D eigenvalue weighted by Crippen LogP contribution is 2.31. The number of allylic oxidation sites excluding steroid dienone is 1. The Labute approximate surface area is 253 Å². The largest absolute Gasteiger partial charge is 0.462 e. The molecule has 0 aliphatic carbocycles. The highest BCUT2D eigenvalue weighted by Gasteiger charge is 2.41. The number of rotatable bonds is 17. The number of esters is 1. The van der Waals surface area contributed by atoms with E-state index in [0.29, 0.717) is 6.42 Å². The number of amides is 1. The molecular weight excluding hydrogens is 538 g/mol. The first kappa shape index (κ1) is 38.1. The molecule has 6 N–H and O–H groups in total. The lowest BCUT2D eigenvalue weighted by Crippen LogP contribution is -2.47. The third kappa shape index (κ3) is 11.6. The Morgan fingerprint density at radius 1 is 1.02 bits per heavy atom. The number of unbranched alkanes of at least 4 members (excludes halogenated alkanes) is 1. The minimum Gasteiger partial charge on any atom is -0.462 e. The molecule has 1 heterocycles. The number of primary amides is 1. The van der Waals surface area contributed by atoms with Crippen LogP contribution in [0.25, 0.3) is 0 Å². The lowest BCUT2D eigenvalue weighted by molar-refractivity contribution is -0.179. The van der Waals surface area contributed by atoms with Crippen molar-refractivity contribution in [3.8, 4) is 0 Å². The smallest absolute Gasteiger partial charge is 0.404 e. The van der Waals surface area contributed by atoms with Crippen LogP contribution >= 0.6 is 0 Å². The van der Waals surface area contributed by atoms with Crippen molar-refractivity contribution >= 4 is 12.1 Å². The molecule has 0 aromatic rings. The van der Waals surface area contributed by atoms with Crippen LogP contribution in [0.2, 0.25) is 0 Å². The summed E-state index contributed by atoms with van der Waals surface area (Å²) in [7, 11) is 0. The van der Waals surface area contributed by atoms with Crippen molar-refractivity contribution in [1.82, 2.24) is 0 Å². The number of ether oxygens (including phenoxy) is 2. The summed E-state index contributed by atoms with van der Waals surface area (Å²) in [5, 5.41) is 42.9. The van der Waals surface area contributed by atoms with Gasteiger partial charge in [0.15, 0.2) is 0 Å². The molecule has 1 aliphatic rings. The van der Waals surface area contributed by atoms with Crippen LogP contribution in [0.4, 0.5) is 4.79 Å². The Bertz CT molecular complexity index is 891. The van der Waals surface area contributed by atoms with Gasteiger partial charge in [0.05, 0.1) is 30.3 Å². The van der Waals surface area contributed by atoms with Gasteiger partial charge in [0.25, 0.3) is 0 Å². The first-order chi connectivity index (χ1) is 19.5. The van der Waals surface area contributed by atoms with Gasteiger partial charge in [-0.3, -0.25) is 4.79 Å². The van der Waals surface area contributed by atoms with E-state index < -0.39 is 54.6 Å². The minimum absolute atomic E-state index is 0.0746. The van der Waals surface area contributed by atoms with Gasteiger partial charge in [-0.25, -0.2) is 4.79 Å². The average molecular weight is 598 g/mol. The van der Waals surface area contributed by atoms with Gasteiger partial charge >= 0.3 is 12.1 Å². The molecule has 0 radical (unpaired) electrons. The monoisotopic (exact) mass is 597 g/mol. The first-order valence-corrected chi connectivity index (χ1v) is 15.8. The van der Waals surface area contributed by atoms with E-state index >= 15 is 0 Å². The molecule has 1 fully saturated rings. The Balaban J connectivity index is 2.74. The third-order valence-corrected chi connectivity index (χ3v) is 9.12. The number of hydrogen-bond donors (Lipinski definition) is 5. The predicted molar refractivity (Wildman–Crippen MR) is 164 cm³/mol. The second-order valence-corrected chi connectivity index (χ2v) is 13.1. The normalized spacial score (nSPS) is 28.2. The van der Waals surface area contributed by atoms with E-state index in [1.165, 1.54) is 0 Å². The molecule has 13 atom stereocenters. The number of cyclic esters (lactones) is 1. The average Bonchev–Trinajstić information content (AvgIpc) is 2.93. The summed E-state index contributed by atoms with van der Waals surface area (Å²) in [6.07, 6.45) is 4.09. The van der Waals surface area contributed by atoms with Gasteiger partial charge in [-0.2, -0.15) is 0 Å². The molecule has 1 aliphatic heterocycles. The molecule has 9 heteroatoms. The lowest BCUT2D eigenvalue weighted by Gasteiger charge is -2.36. The maximum absolute atomic E-state index is 12.0. The summed E-state index contributed by atoms with van der Waals surface area (Å²) >= 11 is 0. The van der Waals surface area contributed by atoms with E-state index in [0.717, 1.165) is 24.8 Å². The van der Waals surface area contributed by atoms with Crippen molar-refractivity contribution in [2.45, 2.75) is 131 Å². The van der Waals surface area contributed by atoms with Crippen molar-refractivity contribution in [3.05, 3.63) is 23.8 Å². The van der Waals surface area contributed by atoms with Crippen molar-refractivity contribution in [3.63, 3.8) is 0 Å². The molecule has 244 valence electrons. The molecule has 0 bridgehead atoms. The fraction of sp³-hybridized carbons (Fsp3) is 0.818. The summed E-state index contributed by atoms with van der Waals surface area (Å²) in [4.78, 5) is 23.5. The topological polar surface area (TPSA) is 160 Å². The van der Waals surface area contributed by atoms with Gasteiger partial charge in [-0.05, 0) is 38.5 Å². The summed E-state index contributed by atoms with van der Waals surface area (Å²) in [6.45, 7) is 17.2. The van der Waals surface area contributed by atoms with Gasteiger partial charge in [-0.15, -0.1) is 0 Å². The van der Waals surface area contributed by atoms with Crippen LogP contribution < -0.4 is 5.73 Å². The van der Waals surface area contributed by atoms with Crippen molar-refractivity contribution in [2.75, 3.05) is 0 Å². The predicted octanol–water partition coefficient (Wildman–Crippen LogP) is 4.74. The summed E-state index contributed by atoms with van der Waals surface area (Å²) in [6, 6.07) is 0. The molecule has 1 amide bonds. The van der Waals surface area contributed by atoms with Crippen LogP contribution in [0, 0.1) is 41.4 Å². The fourth-order valence-electron chi connectivity index (χ4n) is 6.18. The standard InChI is InChI=1S/C33H59NO8/c1-10-11-12-20(4)31(42-33(34)40)24(8)29(37)22(6)16-18(2)15-21(5)28(36)19(3)13-14-26(35)17-27-23(7)30(38)25(9)32(39)41-27/h13-15,19-31,35-38H,10-12,16-17H2,1-9H3,(H2,34,40)/t19-,20-,21-,22-,23-,24-,25+,26+,27-,28-,29+,30-,31-/m0/s1.